The number of carbonyl (C=O) groups excluding carboxylic acids is 1. The lowest BCUT2D eigenvalue weighted by Crippen LogP contribution is -2.21. The van der Waals surface area contributed by atoms with Gasteiger partial charge in [-0.25, -0.2) is 5.43 Å². The third kappa shape index (κ3) is 7.72. The second-order valence-electron chi connectivity index (χ2n) is 9.98. The van der Waals surface area contributed by atoms with Crippen LogP contribution in [0.5, 0.6) is 17.2 Å². The highest BCUT2D eigenvalue weighted by atomic mass is 79.9. The number of aromatic hydroxyl groups is 1. The summed E-state index contributed by atoms with van der Waals surface area (Å²) in [6.07, 6.45) is 4.44. The number of phenolic OH excluding ortho intramolecular Hbond substituents is 1. The SMILES string of the molecule is CCC(C)(C)c1ccc(OCCCC(=O)N/N=C\c2cc(Br)c(O)c(OC)c2)c(C(C)(C)CC)c1. The smallest absolute Gasteiger partial charge is 0.240 e. The quantitative estimate of drug-likeness (QED) is 0.173. The summed E-state index contributed by atoms with van der Waals surface area (Å²) in [6.45, 7) is 13.9. The molecule has 0 atom stereocenters. The maximum Gasteiger partial charge on any atom is 0.240 e. The highest BCUT2D eigenvalue weighted by Crippen LogP contribution is 2.38. The molecule has 2 aromatic rings. The minimum Gasteiger partial charge on any atom is -0.503 e. The van der Waals surface area contributed by atoms with E-state index in [1.807, 2.05) is 0 Å². The van der Waals surface area contributed by atoms with E-state index < -0.39 is 0 Å². The fourth-order valence-corrected chi connectivity index (χ4v) is 3.93. The van der Waals surface area contributed by atoms with E-state index in [9.17, 15) is 9.90 Å². The van der Waals surface area contributed by atoms with Crippen LogP contribution in [-0.2, 0) is 15.6 Å². The van der Waals surface area contributed by atoms with Crippen LogP contribution in [0.2, 0.25) is 0 Å². The lowest BCUT2D eigenvalue weighted by Gasteiger charge is -2.30. The van der Waals surface area contributed by atoms with Crippen molar-refractivity contribution < 1.29 is 19.4 Å². The zero-order valence-electron chi connectivity index (χ0n) is 22.0. The van der Waals surface area contributed by atoms with Crippen molar-refractivity contribution in [1.29, 1.82) is 0 Å². The third-order valence-electron chi connectivity index (χ3n) is 6.74. The predicted octanol–water partition coefficient (Wildman–Crippen LogP) is 6.85. The van der Waals surface area contributed by atoms with Crippen molar-refractivity contribution in [3.05, 3.63) is 51.5 Å². The first-order chi connectivity index (χ1) is 16.4. The molecule has 0 fully saturated rings. The largest absolute Gasteiger partial charge is 0.503 e. The van der Waals surface area contributed by atoms with Crippen LogP contribution in [0.4, 0.5) is 0 Å². The molecule has 6 nitrogen and oxygen atoms in total. The molecule has 1 amide bonds. The summed E-state index contributed by atoms with van der Waals surface area (Å²) in [7, 11) is 1.47. The van der Waals surface area contributed by atoms with Crippen molar-refractivity contribution in [3.63, 3.8) is 0 Å². The zero-order chi connectivity index (χ0) is 26.2. The van der Waals surface area contributed by atoms with Crippen molar-refractivity contribution in [3.8, 4) is 17.2 Å². The summed E-state index contributed by atoms with van der Waals surface area (Å²) in [4.78, 5) is 12.2. The van der Waals surface area contributed by atoms with E-state index >= 15 is 0 Å². The monoisotopic (exact) mass is 546 g/mol. The molecule has 0 radical (unpaired) electrons. The highest BCUT2D eigenvalue weighted by Gasteiger charge is 2.26. The average Bonchev–Trinajstić information content (AvgIpc) is 2.83. The van der Waals surface area contributed by atoms with E-state index in [0.29, 0.717) is 35.2 Å². The first-order valence-corrected chi connectivity index (χ1v) is 12.9. The van der Waals surface area contributed by atoms with Gasteiger partial charge in [0.2, 0.25) is 5.91 Å². The number of hydrazone groups is 1. The van der Waals surface area contributed by atoms with Crippen molar-refractivity contribution >= 4 is 28.1 Å². The molecule has 0 aliphatic carbocycles. The van der Waals surface area contributed by atoms with Gasteiger partial charge in [-0.2, -0.15) is 5.10 Å². The average molecular weight is 548 g/mol. The van der Waals surface area contributed by atoms with Gasteiger partial charge in [0.25, 0.3) is 0 Å². The fraction of sp³-hybridized carbons (Fsp3) is 0.500. The van der Waals surface area contributed by atoms with Crippen LogP contribution in [0.3, 0.4) is 0 Å². The van der Waals surface area contributed by atoms with E-state index in [1.54, 1.807) is 12.1 Å². The lowest BCUT2D eigenvalue weighted by atomic mass is 9.76. The van der Waals surface area contributed by atoms with Crippen molar-refractivity contribution in [2.24, 2.45) is 5.10 Å². The second kappa shape index (κ2) is 12.4. The summed E-state index contributed by atoms with van der Waals surface area (Å²) < 4.78 is 11.7. The molecule has 2 N–H and O–H groups in total. The van der Waals surface area contributed by atoms with Gasteiger partial charge in [0.1, 0.15) is 5.75 Å². The van der Waals surface area contributed by atoms with Gasteiger partial charge in [-0.1, -0.05) is 53.7 Å². The van der Waals surface area contributed by atoms with Gasteiger partial charge >= 0.3 is 0 Å². The molecule has 0 saturated heterocycles. The molecule has 0 aliphatic heterocycles. The molecule has 0 heterocycles. The Morgan fingerprint density at radius 3 is 2.40 bits per heavy atom. The van der Waals surface area contributed by atoms with Gasteiger partial charge in [0, 0.05) is 12.0 Å². The lowest BCUT2D eigenvalue weighted by molar-refractivity contribution is -0.121. The molecule has 35 heavy (non-hydrogen) atoms. The summed E-state index contributed by atoms with van der Waals surface area (Å²) in [5.74, 6) is 1.03. The minimum atomic E-state index is -0.191. The molecule has 2 rings (SSSR count). The molecule has 192 valence electrons. The molecule has 2 aromatic carbocycles. The molecule has 0 unspecified atom stereocenters. The van der Waals surface area contributed by atoms with E-state index in [-0.39, 0.29) is 22.5 Å². The van der Waals surface area contributed by atoms with Crippen molar-refractivity contribution in [2.45, 2.75) is 78.1 Å². The summed E-state index contributed by atoms with van der Waals surface area (Å²) >= 11 is 3.27. The second-order valence-corrected chi connectivity index (χ2v) is 10.8. The molecular weight excluding hydrogens is 508 g/mol. The zero-order valence-corrected chi connectivity index (χ0v) is 23.6. The van der Waals surface area contributed by atoms with Crippen LogP contribution in [0.1, 0.15) is 83.9 Å². The number of carbonyl (C=O) groups is 1. The minimum absolute atomic E-state index is 0.00679. The first kappa shape index (κ1) is 28.7. The number of benzene rings is 2. The first-order valence-electron chi connectivity index (χ1n) is 12.1. The van der Waals surface area contributed by atoms with Crippen LogP contribution >= 0.6 is 15.9 Å². The number of nitrogens with one attached hydrogen (secondary N) is 1. The van der Waals surface area contributed by atoms with E-state index in [4.69, 9.17) is 9.47 Å². The molecule has 0 saturated carbocycles. The van der Waals surface area contributed by atoms with E-state index in [0.717, 1.165) is 18.6 Å². The number of rotatable bonds is 12. The number of amides is 1. The topological polar surface area (TPSA) is 80.2 Å². The Balaban J connectivity index is 1.95. The summed E-state index contributed by atoms with van der Waals surface area (Å²) in [5, 5.41) is 13.9. The molecule has 0 bridgehead atoms. The molecule has 0 spiro atoms. The van der Waals surface area contributed by atoms with E-state index in [2.05, 4.69) is 86.2 Å². The number of nitrogens with zero attached hydrogens (tertiary/aromatic N) is 1. The van der Waals surface area contributed by atoms with Crippen LogP contribution in [0.25, 0.3) is 0 Å². The molecule has 0 aliphatic rings. The maximum atomic E-state index is 12.2. The van der Waals surface area contributed by atoms with Crippen molar-refractivity contribution in [1.82, 2.24) is 5.43 Å². The Kier molecular flexibility index (Phi) is 10.2. The normalized spacial score (nSPS) is 12.1. The number of phenols is 1. The molecular formula is C28H39BrN2O4. The van der Waals surface area contributed by atoms with Gasteiger partial charge in [-0.3, -0.25) is 4.79 Å². The molecule has 0 aromatic heterocycles. The van der Waals surface area contributed by atoms with E-state index in [1.165, 1.54) is 24.5 Å². The van der Waals surface area contributed by atoms with Crippen LogP contribution in [0.15, 0.2) is 39.9 Å². The van der Waals surface area contributed by atoms with Gasteiger partial charge in [0.15, 0.2) is 11.5 Å². The Morgan fingerprint density at radius 2 is 1.77 bits per heavy atom. The maximum absolute atomic E-state index is 12.2. The number of halogens is 1. The standard InChI is InChI=1S/C28H39BrN2O4/c1-8-27(3,4)20-12-13-23(21(17-20)28(5,6)9-2)35-14-10-11-25(32)31-30-18-19-15-22(29)26(33)24(16-19)34-7/h12-13,15-18,33H,8-11,14H2,1-7H3,(H,31,32)/b30-18-. The Bertz CT molecular complexity index is 1050. The number of methoxy groups -OCH3 is 1. The van der Waals surface area contributed by atoms with Gasteiger partial charge in [0.05, 0.1) is 24.4 Å². The Hall–Kier alpha value is -2.54. The number of ether oxygens (including phenoxy) is 2. The number of hydrogen-bond donors (Lipinski definition) is 2. The van der Waals surface area contributed by atoms with Crippen LogP contribution < -0.4 is 14.9 Å². The van der Waals surface area contributed by atoms with Crippen LogP contribution in [0, 0.1) is 0 Å². The molecule has 7 heteroatoms. The fourth-order valence-electron chi connectivity index (χ4n) is 3.47. The van der Waals surface area contributed by atoms with Gasteiger partial charge in [-0.05, 0) is 75.3 Å². The van der Waals surface area contributed by atoms with Crippen molar-refractivity contribution in [2.75, 3.05) is 13.7 Å². The number of hydrogen-bond acceptors (Lipinski definition) is 5. The third-order valence-corrected chi connectivity index (χ3v) is 7.34. The highest BCUT2D eigenvalue weighted by molar-refractivity contribution is 9.10. The van der Waals surface area contributed by atoms with Gasteiger partial charge in [-0.15, -0.1) is 0 Å². The predicted molar refractivity (Wildman–Crippen MR) is 146 cm³/mol. The Labute approximate surface area is 218 Å². The van der Waals surface area contributed by atoms with Gasteiger partial charge < -0.3 is 14.6 Å². The van der Waals surface area contributed by atoms with Crippen LogP contribution in [-0.4, -0.2) is 30.9 Å². The summed E-state index contributed by atoms with van der Waals surface area (Å²) in [5.41, 5.74) is 5.84. The summed E-state index contributed by atoms with van der Waals surface area (Å²) in [6, 6.07) is 9.84. The Morgan fingerprint density at radius 1 is 1.09 bits per heavy atom.